The van der Waals surface area contributed by atoms with Gasteiger partial charge in [0.05, 0.1) is 18.8 Å². The molecular formula is C17H22N4O2S. The number of amides is 2. The second-order valence-corrected chi connectivity index (χ2v) is 6.74. The van der Waals surface area contributed by atoms with Crippen molar-refractivity contribution >= 4 is 22.5 Å². The van der Waals surface area contributed by atoms with E-state index in [0.717, 1.165) is 42.7 Å². The van der Waals surface area contributed by atoms with Crippen molar-refractivity contribution in [2.24, 2.45) is 5.73 Å². The maximum absolute atomic E-state index is 11.8. The molecule has 3 rings (SSSR count). The van der Waals surface area contributed by atoms with E-state index < -0.39 is 6.03 Å². The van der Waals surface area contributed by atoms with Crippen LogP contribution in [0.2, 0.25) is 0 Å². The number of nitrogens with one attached hydrogen (secondary N) is 1. The van der Waals surface area contributed by atoms with Crippen LogP contribution in [0.1, 0.15) is 32.1 Å². The average Bonchev–Trinajstić information content (AvgIpc) is 3.09. The molecule has 0 aliphatic heterocycles. The number of nitrogens with zero attached hydrogens (tertiary/aromatic N) is 2. The minimum Gasteiger partial charge on any atom is -0.497 e. The van der Waals surface area contributed by atoms with E-state index in [1.54, 1.807) is 7.11 Å². The summed E-state index contributed by atoms with van der Waals surface area (Å²) in [4.78, 5) is 16.4. The van der Waals surface area contributed by atoms with Crippen LogP contribution in [0.3, 0.4) is 0 Å². The summed E-state index contributed by atoms with van der Waals surface area (Å²) in [7, 11) is 1.64. The lowest BCUT2D eigenvalue weighted by Gasteiger charge is -2.32. The molecule has 6 nitrogen and oxygen atoms in total. The normalized spacial score (nSPS) is 15.0. The van der Waals surface area contributed by atoms with Crippen molar-refractivity contribution < 1.29 is 9.53 Å². The molecule has 1 aromatic carbocycles. The van der Waals surface area contributed by atoms with Gasteiger partial charge in [0.1, 0.15) is 5.75 Å². The minimum atomic E-state index is -0.455. The van der Waals surface area contributed by atoms with Gasteiger partial charge in [-0.1, -0.05) is 19.3 Å². The molecule has 1 aromatic heterocycles. The second-order valence-electron chi connectivity index (χ2n) is 5.88. The van der Waals surface area contributed by atoms with E-state index in [0.29, 0.717) is 5.13 Å². The van der Waals surface area contributed by atoms with Crippen molar-refractivity contribution in [2.75, 3.05) is 12.5 Å². The number of rotatable bonds is 5. The number of carbonyl (C=O) groups excluding carboxylic acids is 1. The molecule has 1 aliphatic rings. The molecule has 0 spiro atoms. The molecule has 3 N–H and O–H groups in total. The molecular weight excluding hydrogens is 324 g/mol. The van der Waals surface area contributed by atoms with E-state index in [1.807, 2.05) is 29.6 Å². The van der Waals surface area contributed by atoms with Gasteiger partial charge in [-0.25, -0.2) is 14.8 Å². The molecule has 128 valence electrons. The summed E-state index contributed by atoms with van der Waals surface area (Å²) in [5, 5.41) is 4.17. The van der Waals surface area contributed by atoms with Crippen LogP contribution < -0.4 is 15.9 Å². The van der Waals surface area contributed by atoms with Crippen molar-refractivity contribution in [2.45, 2.75) is 38.1 Å². The smallest absolute Gasteiger partial charge is 0.333 e. The first-order valence-electron chi connectivity index (χ1n) is 8.12. The Kier molecular flexibility index (Phi) is 5.20. The molecule has 24 heavy (non-hydrogen) atoms. The first kappa shape index (κ1) is 16.6. The zero-order valence-electron chi connectivity index (χ0n) is 13.7. The Balaban J connectivity index is 1.72. The Hall–Kier alpha value is -2.28. The van der Waals surface area contributed by atoms with Gasteiger partial charge in [0, 0.05) is 10.9 Å². The average molecular weight is 346 g/mol. The fraction of sp³-hybridized carbons (Fsp3) is 0.412. The SMILES string of the molecule is COc1ccc(-c2csc(NN(C(N)=O)C3CCCCC3)n2)cc1. The van der Waals surface area contributed by atoms with E-state index in [4.69, 9.17) is 10.5 Å². The number of ether oxygens (including phenoxy) is 1. The van der Waals surface area contributed by atoms with Gasteiger partial charge in [-0.2, -0.15) is 0 Å². The summed E-state index contributed by atoms with van der Waals surface area (Å²) in [5.41, 5.74) is 10.5. The van der Waals surface area contributed by atoms with Crippen LogP contribution >= 0.6 is 11.3 Å². The standard InChI is InChI=1S/C17H22N4O2S/c1-23-14-9-7-12(8-10-14)15-11-24-17(19-15)20-21(16(18)22)13-5-3-2-4-6-13/h7-11,13H,2-6H2,1H3,(H2,18,22)(H,19,20). The number of thiazole rings is 1. The molecule has 1 aliphatic carbocycles. The number of aromatic nitrogens is 1. The van der Waals surface area contributed by atoms with Crippen LogP contribution in [0.15, 0.2) is 29.6 Å². The Morgan fingerprint density at radius 2 is 2.00 bits per heavy atom. The zero-order valence-corrected chi connectivity index (χ0v) is 14.5. The molecule has 0 unspecified atom stereocenters. The lowest BCUT2D eigenvalue weighted by molar-refractivity contribution is 0.181. The summed E-state index contributed by atoms with van der Waals surface area (Å²) in [6, 6.07) is 7.42. The highest BCUT2D eigenvalue weighted by Crippen LogP contribution is 2.28. The van der Waals surface area contributed by atoms with Crippen LogP contribution in [-0.4, -0.2) is 29.2 Å². The zero-order chi connectivity index (χ0) is 16.9. The maximum Gasteiger partial charge on any atom is 0.333 e. The Morgan fingerprint density at radius 3 is 2.62 bits per heavy atom. The molecule has 2 aromatic rings. The summed E-state index contributed by atoms with van der Waals surface area (Å²) >= 11 is 1.46. The predicted octanol–water partition coefficient (Wildman–Crippen LogP) is 3.86. The number of urea groups is 1. The van der Waals surface area contributed by atoms with Gasteiger partial charge in [0.25, 0.3) is 0 Å². The van der Waals surface area contributed by atoms with Crippen LogP contribution in [0.25, 0.3) is 11.3 Å². The molecule has 0 atom stereocenters. The second kappa shape index (κ2) is 7.53. The van der Waals surface area contributed by atoms with Crippen molar-refractivity contribution in [3.8, 4) is 17.0 Å². The van der Waals surface area contributed by atoms with Crippen LogP contribution in [0.5, 0.6) is 5.75 Å². The quantitative estimate of drug-likeness (QED) is 0.806. The third-order valence-electron chi connectivity index (χ3n) is 4.28. The number of nitrogens with two attached hydrogens (primary N) is 1. The van der Waals surface area contributed by atoms with Crippen molar-refractivity contribution in [3.63, 3.8) is 0 Å². The fourth-order valence-electron chi connectivity index (χ4n) is 2.99. The highest BCUT2D eigenvalue weighted by molar-refractivity contribution is 7.14. The number of hydrogen-bond donors (Lipinski definition) is 2. The Bertz CT molecular complexity index is 680. The number of carbonyl (C=O) groups is 1. The van der Waals surface area contributed by atoms with Gasteiger partial charge in [-0.15, -0.1) is 11.3 Å². The summed E-state index contributed by atoms with van der Waals surface area (Å²) in [6.45, 7) is 0. The highest BCUT2D eigenvalue weighted by Gasteiger charge is 2.24. The molecule has 1 fully saturated rings. The lowest BCUT2D eigenvalue weighted by atomic mass is 9.95. The number of anilines is 1. The van der Waals surface area contributed by atoms with E-state index >= 15 is 0 Å². The molecule has 0 saturated heterocycles. The monoisotopic (exact) mass is 346 g/mol. The van der Waals surface area contributed by atoms with Crippen LogP contribution in [0, 0.1) is 0 Å². The van der Waals surface area contributed by atoms with Gasteiger partial charge in [-0.3, -0.25) is 5.43 Å². The fourth-order valence-corrected chi connectivity index (χ4v) is 3.70. The first-order chi connectivity index (χ1) is 11.7. The number of benzene rings is 1. The van der Waals surface area contributed by atoms with Crippen LogP contribution in [-0.2, 0) is 0 Å². The van der Waals surface area contributed by atoms with Gasteiger partial charge in [0.2, 0.25) is 5.13 Å². The summed E-state index contributed by atoms with van der Waals surface area (Å²) in [5.74, 6) is 0.810. The minimum absolute atomic E-state index is 0.143. The molecule has 7 heteroatoms. The molecule has 0 radical (unpaired) electrons. The summed E-state index contributed by atoms with van der Waals surface area (Å²) in [6.07, 6.45) is 5.44. The Morgan fingerprint density at radius 1 is 1.29 bits per heavy atom. The Labute approximate surface area is 145 Å². The van der Waals surface area contributed by atoms with Gasteiger partial charge >= 0.3 is 6.03 Å². The van der Waals surface area contributed by atoms with Crippen LogP contribution in [0.4, 0.5) is 9.93 Å². The molecule has 2 amide bonds. The first-order valence-corrected chi connectivity index (χ1v) is 9.00. The van der Waals surface area contributed by atoms with Crippen molar-refractivity contribution in [1.82, 2.24) is 9.99 Å². The third kappa shape index (κ3) is 3.79. The van der Waals surface area contributed by atoms with E-state index in [1.165, 1.54) is 22.8 Å². The lowest BCUT2D eigenvalue weighted by Crippen LogP contribution is -2.48. The van der Waals surface area contributed by atoms with Gasteiger partial charge in [-0.05, 0) is 37.1 Å². The number of hydrogen-bond acceptors (Lipinski definition) is 5. The number of primary amides is 1. The predicted molar refractivity (Wildman–Crippen MR) is 96.0 cm³/mol. The largest absolute Gasteiger partial charge is 0.497 e. The van der Waals surface area contributed by atoms with Gasteiger partial charge in [0.15, 0.2) is 0 Å². The number of hydrazine groups is 1. The van der Waals surface area contributed by atoms with E-state index in [2.05, 4.69) is 10.4 Å². The van der Waals surface area contributed by atoms with E-state index in [-0.39, 0.29) is 6.04 Å². The number of methoxy groups -OCH3 is 1. The molecule has 0 bridgehead atoms. The topological polar surface area (TPSA) is 80.5 Å². The molecule has 1 heterocycles. The van der Waals surface area contributed by atoms with Crippen molar-refractivity contribution in [3.05, 3.63) is 29.6 Å². The summed E-state index contributed by atoms with van der Waals surface area (Å²) < 4.78 is 5.17. The third-order valence-corrected chi connectivity index (χ3v) is 5.03. The van der Waals surface area contributed by atoms with Crippen molar-refractivity contribution in [1.29, 1.82) is 0 Å². The van der Waals surface area contributed by atoms with E-state index in [9.17, 15) is 4.79 Å². The highest BCUT2D eigenvalue weighted by atomic mass is 32.1. The maximum atomic E-state index is 11.8. The molecule has 1 saturated carbocycles. The van der Waals surface area contributed by atoms with Gasteiger partial charge < -0.3 is 10.5 Å².